The number of benzene rings is 2. The molecule has 3 aromatic rings. The van der Waals surface area contributed by atoms with Crippen molar-refractivity contribution in [1.82, 2.24) is 10.3 Å². The Hall–Kier alpha value is -3.78. The number of carbonyl (C=O) groups excluding carboxylic acids is 1. The molecular weight excluding hydrogens is 362 g/mol. The third kappa shape index (κ3) is 3.92. The average molecular weight is 383 g/mol. The summed E-state index contributed by atoms with van der Waals surface area (Å²) in [6.07, 6.45) is 1.21. The van der Waals surface area contributed by atoms with Gasteiger partial charge in [0.1, 0.15) is 12.3 Å². The molecule has 4 rings (SSSR count). The zero-order chi connectivity index (χ0) is 20.2. The number of rotatable bonds is 3. The summed E-state index contributed by atoms with van der Waals surface area (Å²) < 4.78 is 5.47. The molecule has 0 saturated heterocycles. The molecule has 0 spiro atoms. The van der Waals surface area contributed by atoms with Crippen LogP contribution in [0.2, 0.25) is 0 Å². The lowest BCUT2D eigenvalue weighted by Crippen LogP contribution is -2.26. The first-order valence-electron chi connectivity index (χ1n) is 9.43. The highest BCUT2D eigenvalue weighted by atomic mass is 16.5. The summed E-state index contributed by atoms with van der Waals surface area (Å²) in [5, 5.41) is 2.65. The summed E-state index contributed by atoms with van der Waals surface area (Å²) in [5.41, 5.74) is 12.7. The van der Waals surface area contributed by atoms with E-state index in [4.69, 9.17) is 10.5 Å². The monoisotopic (exact) mass is 383 g/mol. The molecule has 1 aliphatic rings. The first kappa shape index (κ1) is 18.6. The molecule has 1 aromatic heterocycles. The zero-order valence-electron chi connectivity index (χ0n) is 16.1. The van der Waals surface area contributed by atoms with Crippen LogP contribution in [0.15, 0.2) is 60.8 Å². The number of hydrogen-bond acceptors (Lipinski definition) is 4. The fourth-order valence-electron chi connectivity index (χ4n) is 3.59. The molecular formula is C24H21N3O2. The second-order valence-corrected chi connectivity index (χ2v) is 6.93. The van der Waals surface area contributed by atoms with Gasteiger partial charge in [0.15, 0.2) is 0 Å². The van der Waals surface area contributed by atoms with Crippen molar-refractivity contribution < 1.29 is 9.53 Å². The van der Waals surface area contributed by atoms with Gasteiger partial charge in [-0.05, 0) is 46.7 Å². The quantitative estimate of drug-likeness (QED) is 0.673. The molecule has 3 N–H and O–H groups in total. The van der Waals surface area contributed by atoms with Gasteiger partial charge in [-0.3, -0.25) is 0 Å². The van der Waals surface area contributed by atoms with Crippen LogP contribution in [0.5, 0.6) is 0 Å². The predicted molar refractivity (Wildman–Crippen MR) is 113 cm³/mol. The molecule has 29 heavy (non-hydrogen) atoms. The molecule has 1 aliphatic carbocycles. The number of nitrogens with one attached hydrogen (secondary N) is 1. The molecule has 0 unspecified atom stereocenters. The van der Waals surface area contributed by atoms with E-state index in [1.807, 2.05) is 37.3 Å². The van der Waals surface area contributed by atoms with Gasteiger partial charge in [0, 0.05) is 12.1 Å². The van der Waals surface area contributed by atoms with Crippen molar-refractivity contribution in [2.45, 2.75) is 12.8 Å². The summed E-state index contributed by atoms with van der Waals surface area (Å²) in [6.45, 7) is 2.35. The van der Waals surface area contributed by atoms with Crippen LogP contribution < -0.4 is 11.1 Å². The number of nitrogens with two attached hydrogens (primary N) is 1. The number of anilines is 1. The van der Waals surface area contributed by atoms with Crippen molar-refractivity contribution in [3.8, 4) is 23.0 Å². The van der Waals surface area contributed by atoms with Crippen LogP contribution in [0.4, 0.5) is 10.5 Å². The summed E-state index contributed by atoms with van der Waals surface area (Å²) in [7, 11) is 0. The molecule has 0 bridgehead atoms. The third-order valence-electron chi connectivity index (χ3n) is 4.93. The van der Waals surface area contributed by atoms with Crippen LogP contribution in [0.25, 0.3) is 11.1 Å². The lowest BCUT2D eigenvalue weighted by molar-refractivity contribution is 0.144. The number of nitrogen functional groups attached to an aromatic ring is 1. The highest BCUT2D eigenvalue weighted by Crippen LogP contribution is 2.44. The van der Waals surface area contributed by atoms with Crippen molar-refractivity contribution in [3.05, 3.63) is 83.2 Å². The minimum Gasteiger partial charge on any atom is -0.449 e. The van der Waals surface area contributed by atoms with Crippen molar-refractivity contribution in [2.24, 2.45) is 0 Å². The van der Waals surface area contributed by atoms with Crippen molar-refractivity contribution in [3.63, 3.8) is 0 Å². The van der Waals surface area contributed by atoms with E-state index in [0.29, 0.717) is 11.4 Å². The van der Waals surface area contributed by atoms with Crippen LogP contribution >= 0.6 is 0 Å². The van der Waals surface area contributed by atoms with E-state index in [1.165, 1.54) is 22.3 Å². The number of nitrogens with zero attached hydrogens (tertiary/aromatic N) is 1. The predicted octanol–water partition coefficient (Wildman–Crippen LogP) is 3.86. The summed E-state index contributed by atoms with van der Waals surface area (Å²) in [6, 6.07) is 18.3. The normalized spacial score (nSPS) is 11.8. The van der Waals surface area contributed by atoms with E-state index in [0.717, 1.165) is 5.56 Å². The van der Waals surface area contributed by atoms with E-state index < -0.39 is 6.09 Å². The number of aromatic nitrogens is 1. The van der Waals surface area contributed by atoms with Gasteiger partial charge in [-0.2, -0.15) is 0 Å². The summed E-state index contributed by atoms with van der Waals surface area (Å²) >= 11 is 0. The number of amides is 1. The molecule has 1 heterocycles. The van der Waals surface area contributed by atoms with Crippen molar-refractivity contribution >= 4 is 11.8 Å². The maximum absolute atomic E-state index is 12.1. The van der Waals surface area contributed by atoms with Gasteiger partial charge in [-0.25, -0.2) is 9.78 Å². The largest absolute Gasteiger partial charge is 0.449 e. The van der Waals surface area contributed by atoms with Gasteiger partial charge >= 0.3 is 6.09 Å². The number of carbonyl (C=O) groups is 1. The molecule has 1 amide bonds. The maximum Gasteiger partial charge on any atom is 0.407 e. The average Bonchev–Trinajstić information content (AvgIpc) is 3.05. The van der Waals surface area contributed by atoms with Crippen LogP contribution in [0.3, 0.4) is 0 Å². The molecule has 0 saturated carbocycles. The Bertz CT molecular complexity index is 1080. The molecule has 2 aromatic carbocycles. The van der Waals surface area contributed by atoms with Gasteiger partial charge in [-0.15, -0.1) is 0 Å². The zero-order valence-corrected chi connectivity index (χ0v) is 16.1. The van der Waals surface area contributed by atoms with Gasteiger partial charge < -0.3 is 15.8 Å². The molecule has 5 nitrogen and oxygen atoms in total. The Morgan fingerprint density at radius 2 is 1.79 bits per heavy atom. The number of aryl methyl sites for hydroxylation is 1. The van der Waals surface area contributed by atoms with Crippen LogP contribution in [-0.2, 0) is 4.74 Å². The summed E-state index contributed by atoms with van der Waals surface area (Å²) in [5.74, 6) is 5.75. The SMILES string of the molecule is Cc1cnc(C#CCNC(=O)OCC2c3ccccc3-c3ccccc32)c(N)c1. The molecule has 0 radical (unpaired) electrons. The highest BCUT2D eigenvalue weighted by Gasteiger charge is 2.28. The van der Waals surface area contributed by atoms with Crippen LogP contribution in [-0.4, -0.2) is 24.2 Å². The standard InChI is InChI=1S/C24H21N3O2/c1-16-13-22(25)23(27-14-16)11-6-12-26-24(28)29-15-21-19-9-4-2-7-17(19)18-8-3-5-10-20(18)21/h2-5,7-10,13-14,21H,12,15,25H2,1H3,(H,26,28). The lowest BCUT2D eigenvalue weighted by Gasteiger charge is -2.14. The van der Waals surface area contributed by atoms with E-state index in [-0.39, 0.29) is 19.1 Å². The molecule has 5 heteroatoms. The minimum absolute atomic E-state index is 0.0378. The van der Waals surface area contributed by atoms with E-state index in [1.54, 1.807) is 6.20 Å². The molecule has 0 aliphatic heterocycles. The highest BCUT2D eigenvalue weighted by molar-refractivity contribution is 5.79. The number of alkyl carbamates (subject to hydrolysis) is 1. The number of hydrogen-bond donors (Lipinski definition) is 2. The smallest absolute Gasteiger partial charge is 0.407 e. The number of ether oxygens (including phenoxy) is 1. The van der Waals surface area contributed by atoms with Gasteiger partial charge in [0.05, 0.1) is 12.2 Å². The Kier molecular flexibility index (Phi) is 5.17. The Labute approximate surface area is 169 Å². The third-order valence-corrected chi connectivity index (χ3v) is 4.93. The number of fused-ring (bicyclic) bond motifs is 3. The molecule has 0 fully saturated rings. The number of pyridine rings is 1. The first-order valence-corrected chi connectivity index (χ1v) is 9.43. The van der Waals surface area contributed by atoms with Crippen LogP contribution in [0.1, 0.15) is 28.3 Å². The topological polar surface area (TPSA) is 77.2 Å². The molecule has 144 valence electrons. The Morgan fingerprint density at radius 1 is 1.14 bits per heavy atom. The van der Waals surface area contributed by atoms with Crippen molar-refractivity contribution in [1.29, 1.82) is 0 Å². The van der Waals surface area contributed by atoms with Gasteiger partial charge in [0.2, 0.25) is 0 Å². The minimum atomic E-state index is -0.494. The van der Waals surface area contributed by atoms with Gasteiger partial charge in [0.25, 0.3) is 0 Å². The fourth-order valence-corrected chi connectivity index (χ4v) is 3.59. The van der Waals surface area contributed by atoms with Gasteiger partial charge in [-0.1, -0.05) is 54.5 Å². The summed E-state index contributed by atoms with van der Waals surface area (Å²) in [4.78, 5) is 16.3. The van der Waals surface area contributed by atoms with Crippen molar-refractivity contribution in [2.75, 3.05) is 18.9 Å². The van der Waals surface area contributed by atoms with E-state index in [2.05, 4.69) is 46.4 Å². The second-order valence-electron chi connectivity index (χ2n) is 6.93. The molecule has 0 atom stereocenters. The fraction of sp³-hybridized carbons (Fsp3) is 0.167. The Morgan fingerprint density at radius 3 is 2.45 bits per heavy atom. The van der Waals surface area contributed by atoms with E-state index in [9.17, 15) is 4.79 Å². The lowest BCUT2D eigenvalue weighted by atomic mass is 9.98. The van der Waals surface area contributed by atoms with Crippen LogP contribution in [0, 0.1) is 18.8 Å². The second kappa shape index (κ2) is 8.07. The maximum atomic E-state index is 12.1. The Balaban J connectivity index is 1.35. The first-order chi connectivity index (χ1) is 14.1. The van der Waals surface area contributed by atoms with E-state index >= 15 is 0 Å².